The highest BCUT2D eigenvalue weighted by atomic mass is 16.5. The molecule has 1 aromatic carbocycles. The Kier molecular flexibility index (Phi) is 4.01. The molecule has 0 bridgehead atoms. The van der Waals surface area contributed by atoms with Crippen molar-refractivity contribution in [1.82, 2.24) is 15.3 Å². The van der Waals surface area contributed by atoms with E-state index in [4.69, 9.17) is 14.7 Å². The summed E-state index contributed by atoms with van der Waals surface area (Å²) in [6.45, 7) is 7.14. The third-order valence-electron chi connectivity index (χ3n) is 6.29. The van der Waals surface area contributed by atoms with Crippen LogP contribution in [0.2, 0.25) is 0 Å². The van der Waals surface area contributed by atoms with Crippen LogP contribution in [-0.4, -0.2) is 34.9 Å². The smallest absolute Gasteiger partial charge is 0.233 e. The van der Waals surface area contributed by atoms with Crippen molar-refractivity contribution in [2.75, 3.05) is 13.1 Å². The molecular formula is C22H26N4O. The Morgan fingerprint density at radius 1 is 1.19 bits per heavy atom. The van der Waals surface area contributed by atoms with Crippen LogP contribution in [-0.2, 0) is 6.54 Å². The van der Waals surface area contributed by atoms with Crippen molar-refractivity contribution in [3.63, 3.8) is 0 Å². The maximum atomic E-state index is 6.29. The van der Waals surface area contributed by atoms with Crippen LogP contribution >= 0.6 is 0 Å². The van der Waals surface area contributed by atoms with Gasteiger partial charge >= 0.3 is 0 Å². The van der Waals surface area contributed by atoms with Gasteiger partial charge in [-0.2, -0.15) is 0 Å². The molecule has 0 unspecified atom stereocenters. The summed E-state index contributed by atoms with van der Waals surface area (Å²) in [7, 11) is 0. The standard InChI is InChI=1S/C22H26N4O/c1-14(2)15-3-4-16-10-25-21(17(16)9-15)18-11-24-13-20(26-18)27-19-12-23-8-7-22(19)5-6-22/h3-4,9,11,13-14,19,23H,5-8,10,12H2,1-2H3/t19-/m0/s1. The van der Waals surface area contributed by atoms with Crippen molar-refractivity contribution in [3.8, 4) is 5.88 Å². The molecular weight excluding hydrogens is 336 g/mol. The number of ether oxygens (including phenoxy) is 1. The van der Waals surface area contributed by atoms with Crippen LogP contribution in [0.25, 0.3) is 0 Å². The number of hydrogen-bond donors (Lipinski definition) is 1. The van der Waals surface area contributed by atoms with Gasteiger partial charge in [-0.25, -0.2) is 4.98 Å². The van der Waals surface area contributed by atoms with Crippen molar-refractivity contribution in [1.29, 1.82) is 0 Å². The number of aliphatic imine (C=N–C) groups is 1. The van der Waals surface area contributed by atoms with Crippen LogP contribution in [0.1, 0.15) is 61.4 Å². The van der Waals surface area contributed by atoms with Gasteiger partial charge in [0.15, 0.2) is 0 Å². The van der Waals surface area contributed by atoms with Gasteiger partial charge in [-0.15, -0.1) is 0 Å². The summed E-state index contributed by atoms with van der Waals surface area (Å²) in [6.07, 6.45) is 7.46. The minimum absolute atomic E-state index is 0.196. The van der Waals surface area contributed by atoms with E-state index >= 15 is 0 Å². The fourth-order valence-corrected chi connectivity index (χ4v) is 4.29. The van der Waals surface area contributed by atoms with Gasteiger partial charge in [0.1, 0.15) is 11.8 Å². The molecule has 140 valence electrons. The number of nitrogens with zero attached hydrogens (tertiary/aromatic N) is 3. The van der Waals surface area contributed by atoms with E-state index in [1.54, 1.807) is 12.4 Å². The van der Waals surface area contributed by atoms with Crippen molar-refractivity contribution < 1.29 is 4.74 Å². The maximum Gasteiger partial charge on any atom is 0.233 e. The Morgan fingerprint density at radius 2 is 2.07 bits per heavy atom. The lowest BCUT2D eigenvalue weighted by Gasteiger charge is -2.32. The average molecular weight is 362 g/mol. The van der Waals surface area contributed by atoms with Crippen LogP contribution in [0.3, 0.4) is 0 Å². The lowest BCUT2D eigenvalue weighted by molar-refractivity contribution is 0.0842. The minimum Gasteiger partial charge on any atom is -0.471 e. The molecule has 2 aliphatic heterocycles. The monoisotopic (exact) mass is 362 g/mol. The van der Waals surface area contributed by atoms with E-state index in [1.165, 1.54) is 36.0 Å². The first-order chi connectivity index (χ1) is 13.1. The summed E-state index contributed by atoms with van der Waals surface area (Å²) in [4.78, 5) is 13.9. The van der Waals surface area contributed by atoms with E-state index in [0.29, 0.717) is 23.8 Å². The molecule has 5 heteroatoms. The fraction of sp³-hybridized carbons (Fsp3) is 0.500. The molecule has 5 rings (SSSR count). The van der Waals surface area contributed by atoms with E-state index < -0.39 is 0 Å². The summed E-state index contributed by atoms with van der Waals surface area (Å²) in [5.74, 6) is 1.11. The van der Waals surface area contributed by atoms with Gasteiger partial charge < -0.3 is 10.1 Å². The number of benzene rings is 1. The molecule has 0 amide bonds. The lowest BCUT2D eigenvalue weighted by atomic mass is 9.91. The van der Waals surface area contributed by atoms with Gasteiger partial charge in [-0.3, -0.25) is 9.98 Å². The Labute approximate surface area is 160 Å². The zero-order valence-corrected chi connectivity index (χ0v) is 16.0. The Balaban J connectivity index is 1.42. The molecule has 0 radical (unpaired) electrons. The van der Waals surface area contributed by atoms with Crippen LogP contribution in [0.4, 0.5) is 0 Å². The average Bonchev–Trinajstić information content (AvgIpc) is 3.32. The molecule has 1 saturated carbocycles. The highest BCUT2D eigenvalue weighted by Crippen LogP contribution is 2.53. The first-order valence-corrected chi connectivity index (χ1v) is 10.0. The first-order valence-electron chi connectivity index (χ1n) is 10.0. The second-order valence-electron chi connectivity index (χ2n) is 8.40. The topological polar surface area (TPSA) is 59.4 Å². The zero-order chi connectivity index (χ0) is 18.4. The summed E-state index contributed by atoms with van der Waals surface area (Å²) in [6, 6.07) is 6.66. The van der Waals surface area contributed by atoms with Gasteiger partial charge in [0.25, 0.3) is 0 Å². The largest absolute Gasteiger partial charge is 0.471 e. The Bertz CT molecular complexity index is 901. The molecule has 2 aromatic rings. The molecule has 5 nitrogen and oxygen atoms in total. The van der Waals surface area contributed by atoms with Gasteiger partial charge in [0.2, 0.25) is 5.88 Å². The first kappa shape index (κ1) is 16.9. The van der Waals surface area contributed by atoms with Crippen LogP contribution < -0.4 is 10.1 Å². The fourth-order valence-electron chi connectivity index (χ4n) is 4.29. The third-order valence-corrected chi connectivity index (χ3v) is 6.29. The second kappa shape index (κ2) is 6.41. The van der Waals surface area contributed by atoms with Gasteiger partial charge in [-0.1, -0.05) is 26.0 Å². The van der Waals surface area contributed by atoms with Crippen LogP contribution in [0.5, 0.6) is 5.88 Å². The minimum atomic E-state index is 0.196. The van der Waals surface area contributed by atoms with Crippen molar-refractivity contribution in [3.05, 3.63) is 53.0 Å². The highest BCUT2D eigenvalue weighted by molar-refractivity contribution is 6.14. The molecule has 2 fully saturated rings. The number of hydrogen-bond acceptors (Lipinski definition) is 5. The number of nitrogens with one attached hydrogen (secondary N) is 1. The summed E-state index contributed by atoms with van der Waals surface area (Å²) in [5.41, 5.74) is 5.88. The lowest BCUT2D eigenvalue weighted by Crippen LogP contribution is -2.45. The molecule has 1 aromatic heterocycles. The molecule has 1 atom stereocenters. The zero-order valence-electron chi connectivity index (χ0n) is 16.0. The van der Waals surface area contributed by atoms with E-state index in [-0.39, 0.29) is 6.10 Å². The number of piperidine rings is 1. The summed E-state index contributed by atoms with van der Waals surface area (Å²) < 4.78 is 6.29. The Morgan fingerprint density at radius 3 is 2.89 bits per heavy atom. The van der Waals surface area contributed by atoms with Crippen LogP contribution in [0.15, 0.2) is 35.6 Å². The molecule has 1 aliphatic carbocycles. The molecule has 3 heterocycles. The predicted octanol–water partition coefficient (Wildman–Crippen LogP) is 3.47. The van der Waals surface area contributed by atoms with Gasteiger partial charge in [0.05, 0.1) is 24.7 Å². The van der Waals surface area contributed by atoms with E-state index in [1.807, 2.05) is 0 Å². The number of aromatic nitrogens is 2. The van der Waals surface area contributed by atoms with Gasteiger partial charge in [0, 0.05) is 17.5 Å². The molecule has 3 aliphatic rings. The third kappa shape index (κ3) is 3.04. The summed E-state index contributed by atoms with van der Waals surface area (Å²) in [5, 5.41) is 3.45. The summed E-state index contributed by atoms with van der Waals surface area (Å²) >= 11 is 0. The quantitative estimate of drug-likeness (QED) is 0.905. The number of rotatable bonds is 4. The van der Waals surface area contributed by atoms with Gasteiger partial charge in [-0.05, 0) is 48.9 Å². The molecule has 1 saturated heterocycles. The number of fused-ring (bicyclic) bond motifs is 1. The maximum absolute atomic E-state index is 6.29. The molecule has 1 spiro atoms. The van der Waals surface area contributed by atoms with Crippen molar-refractivity contribution in [2.24, 2.45) is 10.4 Å². The van der Waals surface area contributed by atoms with Crippen LogP contribution in [0, 0.1) is 5.41 Å². The van der Waals surface area contributed by atoms with Crippen molar-refractivity contribution in [2.45, 2.75) is 51.7 Å². The Hall–Kier alpha value is -2.27. The predicted molar refractivity (Wildman–Crippen MR) is 105 cm³/mol. The molecule has 27 heavy (non-hydrogen) atoms. The highest BCUT2D eigenvalue weighted by Gasteiger charge is 2.52. The van der Waals surface area contributed by atoms with E-state index in [2.05, 4.69) is 42.3 Å². The second-order valence-corrected chi connectivity index (χ2v) is 8.40. The van der Waals surface area contributed by atoms with E-state index in [0.717, 1.165) is 24.5 Å². The normalized spacial score (nSPS) is 22.6. The van der Waals surface area contributed by atoms with E-state index in [9.17, 15) is 0 Å². The molecule has 1 N–H and O–H groups in total. The van der Waals surface area contributed by atoms with Crippen molar-refractivity contribution >= 4 is 5.71 Å². The SMILES string of the molecule is CC(C)c1ccc2c(c1)C(c1cncc(O[C@H]3CNCCC34CC4)n1)=NC2.